The molecule has 7 heteroatoms. The molecule has 0 fully saturated rings. The lowest BCUT2D eigenvalue weighted by molar-refractivity contribution is -0.325. The normalized spacial score (nSPS) is 13.4. The van der Waals surface area contributed by atoms with E-state index in [0.717, 1.165) is 10.0 Å². The van der Waals surface area contributed by atoms with Crippen LogP contribution in [0.25, 0.3) is 0 Å². The SMILES string of the molecule is C[C@H](N)c1cc(Br)ccc1OCCOC(F)(F)F. The van der Waals surface area contributed by atoms with Gasteiger partial charge in [0.05, 0.1) is 6.61 Å². The van der Waals surface area contributed by atoms with Crippen LogP contribution in [0.1, 0.15) is 18.5 Å². The van der Waals surface area contributed by atoms with Crippen LogP contribution in [-0.2, 0) is 4.74 Å². The van der Waals surface area contributed by atoms with Crippen molar-refractivity contribution in [2.75, 3.05) is 13.2 Å². The molecule has 0 amide bonds. The highest BCUT2D eigenvalue weighted by atomic mass is 79.9. The number of benzene rings is 1. The third-order valence-electron chi connectivity index (χ3n) is 2.07. The van der Waals surface area contributed by atoms with Gasteiger partial charge in [0.15, 0.2) is 0 Å². The summed E-state index contributed by atoms with van der Waals surface area (Å²) in [7, 11) is 0. The fraction of sp³-hybridized carbons (Fsp3) is 0.455. The molecule has 0 aromatic heterocycles. The van der Waals surface area contributed by atoms with Gasteiger partial charge in [0.25, 0.3) is 0 Å². The molecule has 102 valence electrons. The van der Waals surface area contributed by atoms with E-state index < -0.39 is 13.0 Å². The third-order valence-corrected chi connectivity index (χ3v) is 2.56. The van der Waals surface area contributed by atoms with Crippen molar-refractivity contribution in [3.63, 3.8) is 0 Å². The molecule has 2 N–H and O–H groups in total. The molecule has 1 aromatic rings. The van der Waals surface area contributed by atoms with E-state index in [-0.39, 0.29) is 12.6 Å². The molecule has 1 aromatic carbocycles. The fourth-order valence-corrected chi connectivity index (χ4v) is 1.69. The van der Waals surface area contributed by atoms with Gasteiger partial charge < -0.3 is 10.5 Å². The maximum absolute atomic E-state index is 11.7. The Morgan fingerprint density at radius 1 is 1.33 bits per heavy atom. The molecule has 3 nitrogen and oxygen atoms in total. The first kappa shape index (κ1) is 15.3. The molecular weight excluding hydrogens is 315 g/mol. The highest BCUT2D eigenvalue weighted by molar-refractivity contribution is 9.10. The lowest BCUT2D eigenvalue weighted by Gasteiger charge is -2.15. The average Bonchev–Trinajstić information content (AvgIpc) is 2.24. The number of rotatable bonds is 5. The molecule has 0 unspecified atom stereocenters. The Morgan fingerprint density at radius 3 is 2.56 bits per heavy atom. The average molecular weight is 328 g/mol. The quantitative estimate of drug-likeness (QED) is 0.843. The second kappa shape index (κ2) is 6.40. The molecular formula is C11H13BrF3NO2. The van der Waals surface area contributed by atoms with Crippen LogP contribution in [0.4, 0.5) is 13.2 Å². The second-order valence-electron chi connectivity index (χ2n) is 3.61. The van der Waals surface area contributed by atoms with Gasteiger partial charge in [-0.15, -0.1) is 13.2 Å². The molecule has 0 aliphatic rings. The van der Waals surface area contributed by atoms with Crippen molar-refractivity contribution in [1.29, 1.82) is 0 Å². The highest BCUT2D eigenvalue weighted by Gasteiger charge is 2.28. The predicted octanol–water partition coefficient (Wildman–Crippen LogP) is 3.38. The molecule has 0 saturated carbocycles. The second-order valence-corrected chi connectivity index (χ2v) is 4.53. The van der Waals surface area contributed by atoms with Gasteiger partial charge in [-0.25, -0.2) is 0 Å². The fourth-order valence-electron chi connectivity index (χ4n) is 1.32. The van der Waals surface area contributed by atoms with Crippen LogP contribution in [0.5, 0.6) is 5.75 Å². The molecule has 0 aliphatic heterocycles. The van der Waals surface area contributed by atoms with Crippen LogP contribution in [0, 0.1) is 0 Å². The summed E-state index contributed by atoms with van der Waals surface area (Å²) in [6.45, 7) is 1.01. The maximum atomic E-state index is 11.7. The zero-order chi connectivity index (χ0) is 13.8. The van der Waals surface area contributed by atoms with Gasteiger partial charge in [0.1, 0.15) is 12.4 Å². The van der Waals surface area contributed by atoms with Crippen LogP contribution in [-0.4, -0.2) is 19.6 Å². The van der Waals surface area contributed by atoms with E-state index >= 15 is 0 Å². The van der Waals surface area contributed by atoms with Crippen LogP contribution in [0.2, 0.25) is 0 Å². The van der Waals surface area contributed by atoms with Gasteiger partial charge in [0, 0.05) is 16.1 Å². The van der Waals surface area contributed by atoms with Crippen molar-refractivity contribution in [3.8, 4) is 5.75 Å². The zero-order valence-corrected chi connectivity index (χ0v) is 11.2. The van der Waals surface area contributed by atoms with Gasteiger partial charge in [-0.2, -0.15) is 0 Å². The topological polar surface area (TPSA) is 44.5 Å². The molecule has 0 saturated heterocycles. The number of halogens is 4. The van der Waals surface area contributed by atoms with Gasteiger partial charge >= 0.3 is 6.36 Å². The molecule has 0 radical (unpaired) electrons. The Kier molecular flexibility index (Phi) is 5.43. The molecule has 18 heavy (non-hydrogen) atoms. The van der Waals surface area contributed by atoms with Gasteiger partial charge in [-0.3, -0.25) is 4.74 Å². The lowest BCUT2D eigenvalue weighted by atomic mass is 10.1. The molecule has 0 spiro atoms. The van der Waals surface area contributed by atoms with Crippen molar-refractivity contribution in [2.24, 2.45) is 5.73 Å². The summed E-state index contributed by atoms with van der Waals surface area (Å²) in [5.41, 5.74) is 6.46. The predicted molar refractivity (Wildman–Crippen MR) is 64.2 cm³/mol. The van der Waals surface area contributed by atoms with Crippen molar-refractivity contribution in [2.45, 2.75) is 19.3 Å². The molecule has 0 aliphatic carbocycles. The molecule has 0 heterocycles. The van der Waals surface area contributed by atoms with Crippen molar-refractivity contribution < 1.29 is 22.6 Å². The number of nitrogens with two attached hydrogens (primary N) is 1. The van der Waals surface area contributed by atoms with Gasteiger partial charge in [-0.05, 0) is 25.1 Å². The Bertz CT molecular complexity index is 396. The van der Waals surface area contributed by atoms with Gasteiger partial charge in [0.2, 0.25) is 0 Å². The van der Waals surface area contributed by atoms with Crippen molar-refractivity contribution in [1.82, 2.24) is 0 Å². The molecule has 1 rings (SSSR count). The maximum Gasteiger partial charge on any atom is 0.522 e. The van der Waals surface area contributed by atoms with Crippen LogP contribution in [0.15, 0.2) is 22.7 Å². The molecule has 1 atom stereocenters. The Morgan fingerprint density at radius 2 is 2.00 bits per heavy atom. The van der Waals surface area contributed by atoms with Crippen molar-refractivity contribution >= 4 is 15.9 Å². The van der Waals surface area contributed by atoms with E-state index in [1.807, 2.05) is 0 Å². The summed E-state index contributed by atoms with van der Waals surface area (Å²) in [6, 6.07) is 4.87. The third kappa shape index (κ3) is 5.24. The minimum absolute atomic E-state index is 0.194. The minimum Gasteiger partial charge on any atom is -0.491 e. The summed E-state index contributed by atoms with van der Waals surface area (Å²) < 4.78 is 44.9. The monoisotopic (exact) mass is 327 g/mol. The number of hydrogen-bond donors (Lipinski definition) is 1. The summed E-state index contributed by atoms with van der Waals surface area (Å²) >= 11 is 3.29. The van der Waals surface area contributed by atoms with Crippen molar-refractivity contribution in [3.05, 3.63) is 28.2 Å². The number of hydrogen-bond acceptors (Lipinski definition) is 3. The molecule has 0 bridgehead atoms. The highest BCUT2D eigenvalue weighted by Crippen LogP contribution is 2.27. The summed E-state index contributed by atoms with van der Waals surface area (Å²) in [5.74, 6) is 0.457. The Labute approximate surface area is 111 Å². The minimum atomic E-state index is -4.63. The first-order valence-corrected chi connectivity index (χ1v) is 5.97. The zero-order valence-electron chi connectivity index (χ0n) is 9.63. The smallest absolute Gasteiger partial charge is 0.491 e. The summed E-state index contributed by atoms with van der Waals surface area (Å²) in [4.78, 5) is 0. The first-order valence-electron chi connectivity index (χ1n) is 5.18. The van der Waals surface area contributed by atoms with E-state index in [2.05, 4.69) is 20.7 Å². The van der Waals surface area contributed by atoms with E-state index in [9.17, 15) is 13.2 Å². The number of ether oxygens (including phenoxy) is 2. The first-order chi connectivity index (χ1) is 8.29. The van der Waals surface area contributed by atoms with E-state index in [1.54, 1.807) is 25.1 Å². The van der Waals surface area contributed by atoms with E-state index in [4.69, 9.17) is 10.5 Å². The lowest BCUT2D eigenvalue weighted by Crippen LogP contribution is -2.18. The summed E-state index contributed by atoms with van der Waals surface area (Å²) in [6.07, 6.45) is -4.63. The van der Waals surface area contributed by atoms with Gasteiger partial charge in [-0.1, -0.05) is 15.9 Å². The number of alkyl halides is 3. The standard InChI is InChI=1S/C11H13BrF3NO2/c1-7(16)9-6-8(12)2-3-10(9)17-4-5-18-11(13,14)15/h2-3,6-7H,4-5,16H2,1H3/t7-/m0/s1. The largest absolute Gasteiger partial charge is 0.522 e. The van der Waals surface area contributed by atoms with Crippen LogP contribution < -0.4 is 10.5 Å². The Balaban J connectivity index is 2.57. The van der Waals surface area contributed by atoms with Crippen LogP contribution in [0.3, 0.4) is 0 Å². The summed E-state index contributed by atoms with van der Waals surface area (Å²) in [5, 5.41) is 0. The van der Waals surface area contributed by atoms with Crippen LogP contribution >= 0.6 is 15.9 Å². The van der Waals surface area contributed by atoms with E-state index in [0.29, 0.717) is 5.75 Å². The Hall–Kier alpha value is -0.790. The van der Waals surface area contributed by atoms with E-state index in [1.165, 1.54) is 0 Å².